The maximum absolute atomic E-state index is 13.9. The second-order valence-electron chi connectivity index (χ2n) is 10.4. The van der Waals surface area contributed by atoms with Crippen LogP contribution in [0.25, 0.3) is 11.0 Å². The minimum Gasteiger partial charge on any atom is -0.467 e. The molecule has 2 saturated heterocycles. The Morgan fingerprint density at radius 1 is 1.00 bits per heavy atom. The highest BCUT2D eigenvalue weighted by molar-refractivity contribution is 5.82. The minimum absolute atomic E-state index is 0.0862. The molecule has 0 bridgehead atoms. The largest absolute Gasteiger partial charge is 0.467 e. The highest BCUT2D eigenvalue weighted by Crippen LogP contribution is 2.31. The van der Waals surface area contributed by atoms with Gasteiger partial charge in [0.2, 0.25) is 0 Å². The summed E-state index contributed by atoms with van der Waals surface area (Å²) >= 11 is 0. The Kier molecular flexibility index (Phi) is 7.39. The summed E-state index contributed by atoms with van der Waals surface area (Å²) in [4.78, 5) is 35.3. The molecule has 8 nitrogen and oxygen atoms in total. The number of aliphatic hydroxyl groups excluding tert-OH is 1. The first-order valence-corrected chi connectivity index (χ1v) is 13.3. The van der Waals surface area contributed by atoms with E-state index in [2.05, 4.69) is 9.88 Å². The zero-order valence-corrected chi connectivity index (χ0v) is 20.8. The minimum atomic E-state index is -0.703. The van der Waals surface area contributed by atoms with E-state index >= 15 is 0 Å². The van der Waals surface area contributed by atoms with Crippen LogP contribution in [-0.4, -0.2) is 70.5 Å². The number of hydrogen-bond acceptors (Lipinski definition) is 7. The van der Waals surface area contributed by atoms with Crippen molar-refractivity contribution in [1.29, 1.82) is 0 Å². The monoisotopic (exact) mass is 482 g/mol. The van der Waals surface area contributed by atoms with Crippen LogP contribution >= 0.6 is 0 Å². The Morgan fingerprint density at radius 3 is 2.40 bits per heavy atom. The number of nitrogens with zero attached hydrogens (tertiary/aromatic N) is 4. The number of rotatable bonds is 4. The molecule has 8 heteroatoms. The molecule has 1 aromatic heterocycles. The average molecular weight is 483 g/mol. The second kappa shape index (κ2) is 10.7. The molecule has 1 aromatic carbocycles. The van der Waals surface area contributed by atoms with Crippen molar-refractivity contribution in [3.05, 3.63) is 34.6 Å². The van der Waals surface area contributed by atoms with Crippen LogP contribution in [0.1, 0.15) is 70.3 Å². The predicted octanol–water partition coefficient (Wildman–Crippen LogP) is 3.26. The molecular weight excluding hydrogens is 444 g/mol. The number of carbonyl (C=O) groups excluding carboxylic acids is 1. The van der Waals surface area contributed by atoms with Gasteiger partial charge in [0.05, 0.1) is 24.2 Å². The number of β-amino-alcohol motifs (C(OH)–C–C–N with tert-alkyl or cyclic N) is 1. The maximum Gasteiger partial charge on any atom is 0.328 e. The van der Waals surface area contributed by atoms with Crippen molar-refractivity contribution in [2.45, 2.75) is 88.4 Å². The molecule has 0 spiro atoms. The molecule has 3 aliphatic rings. The van der Waals surface area contributed by atoms with Crippen molar-refractivity contribution in [1.82, 2.24) is 14.5 Å². The number of fused-ring (bicyclic) bond motifs is 1. The molecular formula is C27H38N4O4. The SMILES string of the molecule is COC(=O)[C@@H]1C[C@@H](O)CN1c1nc2ccccc2n(C2CCN(C3CCCCCCC3)CC2)c1=O. The molecule has 0 radical (unpaired) electrons. The molecule has 0 unspecified atom stereocenters. The first-order chi connectivity index (χ1) is 17.1. The Labute approximate surface area is 206 Å². The maximum atomic E-state index is 13.9. The summed E-state index contributed by atoms with van der Waals surface area (Å²) < 4.78 is 6.87. The zero-order chi connectivity index (χ0) is 24.4. The third kappa shape index (κ3) is 4.96. The van der Waals surface area contributed by atoms with E-state index in [0.29, 0.717) is 6.04 Å². The number of para-hydroxylation sites is 2. The van der Waals surface area contributed by atoms with Crippen molar-refractivity contribution in [2.75, 3.05) is 31.6 Å². The fourth-order valence-electron chi connectivity index (χ4n) is 6.41. The summed E-state index contributed by atoms with van der Waals surface area (Å²) in [6.45, 7) is 2.20. The molecule has 2 aliphatic heterocycles. The molecule has 2 aromatic rings. The molecule has 1 saturated carbocycles. The molecule has 5 rings (SSSR count). The highest BCUT2D eigenvalue weighted by atomic mass is 16.5. The number of piperidine rings is 1. The molecule has 3 heterocycles. The van der Waals surface area contributed by atoms with Gasteiger partial charge < -0.3 is 24.2 Å². The van der Waals surface area contributed by atoms with Crippen LogP contribution < -0.4 is 10.5 Å². The van der Waals surface area contributed by atoms with Gasteiger partial charge in [0, 0.05) is 38.1 Å². The van der Waals surface area contributed by atoms with E-state index in [-0.39, 0.29) is 30.4 Å². The number of hydrogen-bond donors (Lipinski definition) is 1. The Hall–Kier alpha value is -2.45. The van der Waals surface area contributed by atoms with Gasteiger partial charge in [0.15, 0.2) is 5.82 Å². The topological polar surface area (TPSA) is 87.9 Å². The summed E-state index contributed by atoms with van der Waals surface area (Å²) in [7, 11) is 1.33. The fraction of sp³-hybridized carbons (Fsp3) is 0.667. The lowest BCUT2D eigenvalue weighted by Gasteiger charge is -2.39. The summed E-state index contributed by atoms with van der Waals surface area (Å²) in [5.74, 6) is -0.215. The highest BCUT2D eigenvalue weighted by Gasteiger charge is 2.40. The van der Waals surface area contributed by atoms with Crippen LogP contribution in [0, 0.1) is 0 Å². The van der Waals surface area contributed by atoms with E-state index < -0.39 is 18.1 Å². The lowest BCUT2D eigenvalue weighted by molar-refractivity contribution is -0.142. The number of likely N-dealkylation sites (tertiary alicyclic amines) is 1. The van der Waals surface area contributed by atoms with Gasteiger partial charge in [-0.2, -0.15) is 0 Å². The van der Waals surface area contributed by atoms with Gasteiger partial charge in [0.1, 0.15) is 6.04 Å². The first-order valence-electron chi connectivity index (χ1n) is 13.3. The smallest absolute Gasteiger partial charge is 0.328 e. The number of ether oxygens (including phenoxy) is 1. The van der Waals surface area contributed by atoms with Crippen LogP contribution in [-0.2, 0) is 9.53 Å². The van der Waals surface area contributed by atoms with Gasteiger partial charge in [-0.3, -0.25) is 4.79 Å². The number of benzene rings is 1. The summed E-state index contributed by atoms with van der Waals surface area (Å²) in [5, 5.41) is 10.3. The number of methoxy groups -OCH3 is 1. The lowest BCUT2D eigenvalue weighted by atomic mass is 9.93. The third-order valence-electron chi connectivity index (χ3n) is 8.26. The molecule has 3 fully saturated rings. The van der Waals surface area contributed by atoms with Crippen LogP contribution in [0.2, 0.25) is 0 Å². The molecule has 0 amide bonds. The fourth-order valence-corrected chi connectivity index (χ4v) is 6.41. The van der Waals surface area contributed by atoms with Crippen LogP contribution in [0.5, 0.6) is 0 Å². The van der Waals surface area contributed by atoms with Gasteiger partial charge in [-0.05, 0) is 37.8 Å². The number of esters is 1. The van der Waals surface area contributed by atoms with Crippen molar-refractivity contribution >= 4 is 22.8 Å². The lowest BCUT2D eigenvalue weighted by Crippen LogP contribution is -2.45. The first kappa shape index (κ1) is 24.3. The number of carbonyl (C=O) groups is 1. The number of aliphatic hydroxyl groups is 1. The summed E-state index contributed by atoms with van der Waals surface area (Å²) in [5.41, 5.74) is 1.38. The van der Waals surface area contributed by atoms with E-state index in [1.54, 1.807) is 4.90 Å². The predicted molar refractivity (Wildman–Crippen MR) is 136 cm³/mol. The zero-order valence-electron chi connectivity index (χ0n) is 20.8. The Morgan fingerprint density at radius 2 is 1.69 bits per heavy atom. The van der Waals surface area contributed by atoms with Crippen molar-refractivity contribution in [2.24, 2.45) is 0 Å². The van der Waals surface area contributed by atoms with E-state index in [0.717, 1.165) is 37.0 Å². The van der Waals surface area contributed by atoms with Gasteiger partial charge >= 0.3 is 5.97 Å². The van der Waals surface area contributed by atoms with Crippen molar-refractivity contribution < 1.29 is 14.6 Å². The average Bonchev–Trinajstić information content (AvgIpc) is 3.24. The number of anilines is 1. The van der Waals surface area contributed by atoms with Gasteiger partial charge in [-0.1, -0.05) is 44.2 Å². The third-order valence-corrected chi connectivity index (χ3v) is 8.26. The molecule has 1 aliphatic carbocycles. The molecule has 35 heavy (non-hydrogen) atoms. The van der Waals surface area contributed by atoms with Crippen LogP contribution in [0.4, 0.5) is 5.82 Å². The quantitative estimate of drug-likeness (QED) is 0.669. The standard InChI is InChI=1S/C27H38N4O4/c1-35-27(34)24-17-21(32)18-30(24)25-26(33)31(23-12-8-7-11-22(23)28-25)20-13-15-29(16-14-20)19-9-5-3-2-4-6-10-19/h7-8,11-12,19-21,24,32H,2-6,9-10,13-18H2,1H3/t21-,24+/m1/s1. The molecule has 1 N–H and O–H groups in total. The van der Waals surface area contributed by atoms with Crippen LogP contribution in [0.15, 0.2) is 29.1 Å². The van der Waals surface area contributed by atoms with Crippen LogP contribution in [0.3, 0.4) is 0 Å². The van der Waals surface area contributed by atoms with E-state index in [1.807, 2.05) is 28.8 Å². The van der Waals surface area contributed by atoms with Gasteiger partial charge in [0.25, 0.3) is 5.56 Å². The van der Waals surface area contributed by atoms with Gasteiger partial charge in [-0.15, -0.1) is 0 Å². The molecule has 190 valence electrons. The Balaban J connectivity index is 1.44. The van der Waals surface area contributed by atoms with E-state index in [1.165, 1.54) is 52.1 Å². The van der Waals surface area contributed by atoms with E-state index in [4.69, 9.17) is 4.74 Å². The summed E-state index contributed by atoms with van der Waals surface area (Å²) in [6, 6.07) is 7.80. The van der Waals surface area contributed by atoms with Gasteiger partial charge in [-0.25, -0.2) is 9.78 Å². The van der Waals surface area contributed by atoms with Crippen molar-refractivity contribution in [3.63, 3.8) is 0 Å². The number of aromatic nitrogens is 2. The summed E-state index contributed by atoms with van der Waals surface area (Å²) in [6.07, 6.45) is 10.7. The molecule has 2 atom stereocenters. The van der Waals surface area contributed by atoms with Crippen molar-refractivity contribution in [3.8, 4) is 0 Å². The second-order valence-corrected chi connectivity index (χ2v) is 10.4. The Bertz CT molecular complexity index is 1090. The van der Waals surface area contributed by atoms with E-state index in [9.17, 15) is 14.7 Å². The normalized spacial score (nSPS) is 25.5.